The summed E-state index contributed by atoms with van der Waals surface area (Å²) in [5.74, 6) is -0.643. The molecule has 1 fully saturated rings. The van der Waals surface area contributed by atoms with E-state index in [1.807, 2.05) is 48.5 Å². The number of carbonyl (C=O) groups is 2. The summed E-state index contributed by atoms with van der Waals surface area (Å²) in [5.41, 5.74) is 1.59. The molecule has 0 aliphatic carbocycles. The van der Waals surface area contributed by atoms with Crippen LogP contribution in [0.4, 0.5) is 4.79 Å². The van der Waals surface area contributed by atoms with Gasteiger partial charge in [0.1, 0.15) is 19.3 Å². The van der Waals surface area contributed by atoms with Crippen molar-refractivity contribution in [1.29, 1.82) is 0 Å². The van der Waals surface area contributed by atoms with E-state index in [0.717, 1.165) is 22.3 Å². The number of ether oxygens (including phenoxy) is 2. The summed E-state index contributed by atoms with van der Waals surface area (Å²) < 4.78 is 38.6. The van der Waals surface area contributed by atoms with E-state index >= 15 is 0 Å². The molecule has 0 radical (unpaired) electrons. The highest BCUT2D eigenvalue weighted by Crippen LogP contribution is 2.24. The maximum Gasteiger partial charge on any atom is 0.410 e. The Morgan fingerprint density at radius 3 is 2.00 bits per heavy atom. The van der Waals surface area contributed by atoms with Crippen molar-refractivity contribution < 1.29 is 31.7 Å². The van der Waals surface area contributed by atoms with E-state index in [2.05, 4.69) is 0 Å². The Morgan fingerprint density at radius 2 is 1.47 bits per heavy atom. The number of esters is 1. The fraction of sp³-hybridized carbons (Fsp3) is 0.333. The van der Waals surface area contributed by atoms with Gasteiger partial charge in [-0.3, -0.25) is 9.08 Å². The van der Waals surface area contributed by atoms with Gasteiger partial charge < -0.3 is 9.47 Å². The molecular weight excluding hydrogens is 410 g/mol. The number of hydrogen-bond acceptors (Lipinski definition) is 7. The van der Waals surface area contributed by atoms with Crippen molar-refractivity contribution >= 4 is 22.2 Å². The molecule has 8 nitrogen and oxygen atoms in total. The normalized spacial score (nSPS) is 18.8. The van der Waals surface area contributed by atoms with Crippen LogP contribution in [0.2, 0.25) is 0 Å². The molecule has 1 aliphatic heterocycles. The molecule has 2 aromatic carbocycles. The second kappa shape index (κ2) is 9.73. The van der Waals surface area contributed by atoms with Crippen molar-refractivity contribution in [3.63, 3.8) is 0 Å². The molecule has 0 aromatic heterocycles. The predicted molar refractivity (Wildman–Crippen MR) is 108 cm³/mol. The number of rotatable bonds is 7. The lowest BCUT2D eigenvalue weighted by Crippen LogP contribution is -2.41. The van der Waals surface area contributed by atoms with Gasteiger partial charge in [-0.25, -0.2) is 9.59 Å². The number of likely N-dealkylation sites (tertiary alicyclic amines) is 1. The van der Waals surface area contributed by atoms with Gasteiger partial charge in [-0.2, -0.15) is 8.42 Å². The molecule has 0 bridgehead atoms. The lowest BCUT2D eigenvalue weighted by atomic mass is 10.2. The van der Waals surface area contributed by atoms with E-state index in [1.165, 1.54) is 0 Å². The lowest BCUT2D eigenvalue weighted by Gasteiger charge is -2.22. The Bertz CT molecular complexity index is 900. The highest BCUT2D eigenvalue weighted by atomic mass is 32.2. The van der Waals surface area contributed by atoms with E-state index in [-0.39, 0.29) is 26.2 Å². The molecule has 160 valence electrons. The van der Waals surface area contributed by atoms with Gasteiger partial charge in [0.15, 0.2) is 0 Å². The second-order valence-corrected chi connectivity index (χ2v) is 8.56. The minimum Gasteiger partial charge on any atom is -0.459 e. The van der Waals surface area contributed by atoms with Crippen LogP contribution in [0.25, 0.3) is 0 Å². The lowest BCUT2D eigenvalue weighted by molar-refractivity contribution is -0.149. The van der Waals surface area contributed by atoms with Crippen LogP contribution < -0.4 is 0 Å². The van der Waals surface area contributed by atoms with Gasteiger partial charge in [-0.1, -0.05) is 60.7 Å². The van der Waals surface area contributed by atoms with Crippen molar-refractivity contribution in [3.8, 4) is 0 Å². The standard InChI is InChI=1S/C21H23NO7S/c1-30(25,26)29-18-12-19(20(23)27-14-16-8-4-2-5-9-16)22(13-18)21(24)28-15-17-10-6-3-7-11-17/h2-11,18-19H,12-15H2,1H3/t18-,19+/m1/s1. The summed E-state index contributed by atoms with van der Waals surface area (Å²) in [4.78, 5) is 26.4. The first-order chi connectivity index (χ1) is 14.3. The van der Waals surface area contributed by atoms with Crippen molar-refractivity contribution in [2.45, 2.75) is 31.8 Å². The third-order valence-electron chi connectivity index (χ3n) is 4.51. The molecule has 2 atom stereocenters. The van der Waals surface area contributed by atoms with Crippen LogP contribution in [0, 0.1) is 0 Å². The van der Waals surface area contributed by atoms with Crippen molar-refractivity contribution in [3.05, 3.63) is 71.8 Å². The molecule has 9 heteroatoms. The smallest absolute Gasteiger partial charge is 0.410 e. The summed E-state index contributed by atoms with van der Waals surface area (Å²) in [6, 6.07) is 17.2. The average Bonchev–Trinajstić information content (AvgIpc) is 3.14. The fourth-order valence-corrected chi connectivity index (χ4v) is 3.80. The topological polar surface area (TPSA) is 99.2 Å². The first-order valence-corrected chi connectivity index (χ1v) is 11.2. The van der Waals surface area contributed by atoms with Crippen LogP contribution in [0.5, 0.6) is 0 Å². The molecule has 0 N–H and O–H groups in total. The SMILES string of the molecule is CS(=O)(=O)O[C@@H]1C[C@@H](C(=O)OCc2ccccc2)N(C(=O)OCc2ccccc2)C1. The third-order valence-corrected chi connectivity index (χ3v) is 5.13. The largest absolute Gasteiger partial charge is 0.459 e. The first kappa shape index (κ1) is 21.8. The zero-order chi connectivity index (χ0) is 21.6. The average molecular weight is 433 g/mol. The van der Waals surface area contributed by atoms with E-state index in [9.17, 15) is 18.0 Å². The highest BCUT2D eigenvalue weighted by molar-refractivity contribution is 7.86. The Balaban J connectivity index is 1.66. The number of carbonyl (C=O) groups excluding carboxylic acids is 2. The summed E-state index contributed by atoms with van der Waals surface area (Å²) in [6.07, 6.45) is -0.661. The Morgan fingerprint density at radius 1 is 0.933 bits per heavy atom. The van der Waals surface area contributed by atoms with Crippen LogP contribution >= 0.6 is 0 Å². The van der Waals surface area contributed by atoms with Gasteiger partial charge >= 0.3 is 12.1 Å². The van der Waals surface area contributed by atoms with Crippen LogP contribution in [0.3, 0.4) is 0 Å². The summed E-state index contributed by atoms with van der Waals surface area (Å²) >= 11 is 0. The highest BCUT2D eigenvalue weighted by Gasteiger charge is 2.43. The molecule has 1 aliphatic rings. The third kappa shape index (κ3) is 6.30. The van der Waals surface area contributed by atoms with E-state index in [4.69, 9.17) is 13.7 Å². The Hall–Kier alpha value is -2.91. The van der Waals surface area contributed by atoms with Gasteiger partial charge in [0.05, 0.1) is 18.9 Å². The molecule has 0 unspecified atom stereocenters. The van der Waals surface area contributed by atoms with Gasteiger partial charge in [0, 0.05) is 6.42 Å². The second-order valence-electron chi connectivity index (χ2n) is 6.96. The van der Waals surface area contributed by atoms with Gasteiger partial charge in [-0.15, -0.1) is 0 Å². The van der Waals surface area contributed by atoms with Crippen molar-refractivity contribution in [2.75, 3.05) is 12.8 Å². The quantitative estimate of drug-likeness (QED) is 0.489. The van der Waals surface area contributed by atoms with E-state index < -0.39 is 34.3 Å². The van der Waals surface area contributed by atoms with Crippen molar-refractivity contribution in [1.82, 2.24) is 4.90 Å². The predicted octanol–water partition coefficient (Wildman–Crippen LogP) is 2.49. The van der Waals surface area contributed by atoms with Crippen LogP contribution in [0.1, 0.15) is 17.5 Å². The number of nitrogens with zero attached hydrogens (tertiary/aromatic N) is 1. The fourth-order valence-electron chi connectivity index (χ4n) is 3.17. The van der Waals surface area contributed by atoms with E-state index in [1.54, 1.807) is 12.1 Å². The molecule has 1 amide bonds. The number of amides is 1. The zero-order valence-electron chi connectivity index (χ0n) is 16.5. The maximum absolute atomic E-state index is 12.6. The molecule has 0 spiro atoms. The molecule has 30 heavy (non-hydrogen) atoms. The minimum absolute atomic E-state index is 0.00112. The molecule has 1 saturated heterocycles. The molecule has 2 aromatic rings. The molecule has 3 rings (SSSR count). The zero-order valence-corrected chi connectivity index (χ0v) is 17.3. The maximum atomic E-state index is 12.6. The van der Waals surface area contributed by atoms with E-state index in [0.29, 0.717) is 0 Å². The summed E-state index contributed by atoms with van der Waals surface area (Å²) in [7, 11) is -3.75. The van der Waals surface area contributed by atoms with Crippen LogP contribution in [0.15, 0.2) is 60.7 Å². The van der Waals surface area contributed by atoms with Crippen LogP contribution in [-0.4, -0.2) is 50.3 Å². The first-order valence-electron chi connectivity index (χ1n) is 9.38. The molecule has 1 heterocycles. The van der Waals surface area contributed by atoms with Crippen LogP contribution in [-0.2, 0) is 41.8 Å². The number of hydrogen-bond donors (Lipinski definition) is 0. The molecule has 0 saturated carbocycles. The van der Waals surface area contributed by atoms with Gasteiger partial charge in [-0.05, 0) is 11.1 Å². The molecular formula is C21H23NO7S. The van der Waals surface area contributed by atoms with Crippen molar-refractivity contribution in [2.24, 2.45) is 0 Å². The minimum atomic E-state index is -3.75. The Labute approximate surface area is 175 Å². The summed E-state index contributed by atoms with van der Waals surface area (Å²) in [6.45, 7) is -0.0218. The monoisotopic (exact) mass is 433 g/mol. The van der Waals surface area contributed by atoms with Gasteiger partial charge in [0.25, 0.3) is 10.1 Å². The Kier molecular flexibility index (Phi) is 7.07. The summed E-state index contributed by atoms with van der Waals surface area (Å²) in [5, 5.41) is 0. The number of benzene rings is 2. The van der Waals surface area contributed by atoms with Gasteiger partial charge in [0.2, 0.25) is 0 Å².